The van der Waals surface area contributed by atoms with Gasteiger partial charge in [0.15, 0.2) is 0 Å². The van der Waals surface area contributed by atoms with Crippen molar-refractivity contribution in [2.45, 2.75) is 52.4 Å². The fraction of sp³-hybridized carbons (Fsp3) is 1.00. The van der Waals surface area contributed by atoms with Gasteiger partial charge in [0, 0.05) is 13.7 Å². The lowest BCUT2D eigenvalue weighted by atomic mass is 10.1. The molecule has 0 atom stereocenters. The molecule has 0 radical (unpaired) electrons. The summed E-state index contributed by atoms with van der Waals surface area (Å²) in [6, 6.07) is 0. The maximum Gasteiger partial charge on any atom is 0.0462 e. The van der Waals surface area contributed by atoms with Gasteiger partial charge in [-0.05, 0) is 51.7 Å². The largest absolute Gasteiger partial charge is 0.385 e. The van der Waals surface area contributed by atoms with Gasteiger partial charge in [0.2, 0.25) is 0 Å². The third kappa shape index (κ3) is 8.88. The Balaban J connectivity index is 0.000000921. The first kappa shape index (κ1) is 14.9. The highest BCUT2D eigenvalue weighted by Gasteiger charge is 2.08. The van der Waals surface area contributed by atoms with Crippen molar-refractivity contribution < 1.29 is 4.74 Å². The van der Waals surface area contributed by atoms with E-state index in [1.54, 1.807) is 7.11 Å². The van der Waals surface area contributed by atoms with E-state index in [9.17, 15) is 0 Å². The lowest BCUT2D eigenvalue weighted by molar-refractivity contribution is 0.185. The Morgan fingerprint density at radius 1 is 0.933 bits per heavy atom. The Labute approximate surface area is 96.0 Å². The Morgan fingerprint density at radius 2 is 1.60 bits per heavy atom. The molecule has 1 heterocycles. The van der Waals surface area contributed by atoms with E-state index >= 15 is 0 Å². The lowest BCUT2D eigenvalue weighted by Crippen LogP contribution is -2.30. The first-order chi connectivity index (χ1) is 7.43. The van der Waals surface area contributed by atoms with E-state index in [2.05, 4.69) is 4.90 Å². The van der Waals surface area contributed by atoms with E-state index in [0.717, 1.165) is 6.61 Å². The second-order valence-corrected chi connectivity index (χ2v) is 3.96. The molecule has 1 saturated heterocycles. The second kappa shape index (κ2) is 12.0. The number of rotatable bonds is 6. The molecule has 2 heteroatoms. The highest BCUT2D eigenvalue weighted by molar-refractivity contribution is 4.63. The number of hydrogen-bond acceptors (Lipinski definition) is 2. The van der Waals surface area contributed by atoms with Gasteiger partial charge in [-0.1, -0.05) is 20.3 Å². The Bertz CT molecular complexity index is 111. The molecule has 0 amide bonds. The summed E-state index contributed by atoms with van der Waals surface area (Å²) in [5.41, 5.74) is 0. The van der Waals surface area contributed by atoms with E-state index in [-0.39, 0.29) is 0 Å². The zero-order valence-electron chi connectivity index (χ0n) is 10.9. The van der Waals surface area contributed by atoms with Crippen LogP contribution in [-0.4, -0.2) is 38.3 Å². The summed E-state index contributed by atoms with van der Waals surface area (Å²) < 4.78 is 5.02. The van der Waals surface area contributed by atoms with Crippen LogP contribution in [0.25, 0.3) is 0 Å². The topological polar surface area (TPSA) is 12.5 Å². The van der Waals surface area contributed by atoms with E-state index in [1.165, 1.54) is 58.2 Å². The van der Waals surface area contributed by atoms with Crippen LogP contribution >= 0.6 is 0 Å². The highest BCUT2D eigenvalue weighted by Crippen LogP contribution is 2.09. The SMILES string of the molecule is CC.COCCCCCN1CCCCC1. The maximum absolute atomic E-state index is 5.02. The van der Waals surface area contributed by atoms with Crippen LogP contribution in [0, 0.1) is 0 Å². The van der Waals surface area contributed by atoms with Crippen LogP contribution in [-0.2, 0) is 4.74 Å². The third-order valence-corrected chi connectivity index (χ3v) is 2.77. The van der Waals surface area contributed by atoms with Crippen LogP contribution in [0.2, 0.25) is 0 Å². The molecule has 2 nitrogen and oxygen atoms in total. The number of hydrogen-bond donors (Lipinski definition) is 0. The molecule has 0 bridgehead atoms. The number of likely N-dealkylation sites (tertiary alicyclic amines) is 1. The standard InChI is InChI=1S/C11H23NO.C2H6/c1-13-11-7-3-6-10-12-8-4-2-5-9-12;1-2/h2-11H2,1H3;1-2H3. The number of methoxy groups -OCH3 is 1. The molecule has 0 N–H and O–H groups in total. The number of unbranched alkanes of at least 4 members (excludes halogenated alkanes) is 2. The van der Waals surface area contributed by atoms with Crippen LogP contribution in [0.3, 0.4) is 0 Å². The molecule has 0 aliphatic carbocycles. The first-order valence-corrected chi connectivity index (χ1v) is 6.65. The molecule has 1 aliphatic rings. The van der Waals surface area contributed by atoms with Crippen LogP contribution in [0.1, 0.15) is 52.4 Å². The van der Waals surface area contributed by atoms with Gasteiger partial charge in [0.05, 0.1) is 0 Å². The van der Waals surface area contributed by atoms with Gasteiger partial charge in [-0.2, -0.15) is 0 Å². The Kier molecular flexibility index (Phi) is 11.9. The molecule has 1 aliphatic heterocycles. The third-order valence-electron chi connectivity index (χ3n) is 2.77. The van der Waals surface area contributed by atoms with Crippen molar-refractivity contribution >= 4 is 0 Å². The van der Waals surface area contributed by atoms with Gasteiger partial charge in [0.1, 0.15) is 0 Å². The van der Waals surface area contributed by atoms with Crippen molar-refractivity contribution in [2.75, 3.05) is 33.4 Å². The summed E-state index contributed by atoms with van der Waals surface area (Å²) in [6.45, 7) is 8.91. The molecular weight excluding hydrogens is 186 g/mol. The maximum atomic E-state index is 5.02. The van der Waals surface area contributed by atoms with Crippen molar-refractivity contribution in [3.8, 4) is 0 Å². The highest BCUT2D eigenvalue weighted by atomic mass is 16.5. The fourth-order valence-corrected chi connectivity index (χ4v) is 1.94. The molecule has 92 valence electrons. The van der Waals surface area contributed by atoms with Gasteiger partial charge < -0.3 is 9.64 Å². The predicted octanol–water partition coefficient (Wildman–Crippen LogP) is 3.32. The number of nitrogens with zero attached hydrogens (tertiary/aromatic N) is 1. The van der Waals surface area contributed by atoms with Gasteiger partial charge in [-0.3, -0.25) is 0 Å². The minimum absolute atomic E-state index is 0.931. The van der Waals surface area contributed by atoms with Gasteiger partial charge in [0.25, 0.3) is 0 Å². The summed E-state index contributed by atoms with van der Waals surface area (Å²) in [4.78, 5) is 2.61. The molecule has 1 rings (SSSR count). The van der Waals surface area contributed by atoms with Crippen LogP contribution in [0.4, 0.5) is 0 Å². The van der Waals surface area contributed by atoms with Crippen molar-refractivity contribution in [1.29, 1.82) is 0 Å². The zero-order chi connectivity index (χ0) is 11.4. The van der Waals surface area contributed by atoms with E-state index in [4.69, 9.17) is 4.74 Å². The van der Waals surface area contributed by atoms with E-state index in [1.807, 2.05) is 13.8 Å². The fourth-order valence-electron chi connectivity index (χ4n) is 1.94. The number of ether oxygens (including phenoxy) is 1. The van der Waals surface area contributed by atoms with Crippen molar-refractivity contribution in [2.24, 2.45) is 0 Å². The molecular formula is C13H29NO. The average Bonchev–Trinajstić information content (AvgIpc) is 2.33. The van der Waals surface area contributed by atoms with E-state index < -0.39 is 0 Å². The monoisotopic (exact) mass is 215 g/mol. The summed E-state index contributed by atoms with van der Waals surface area (Å²) in [5, 5.41) is 0. The van der Waals surface area contributed by atoms with Crippen LogP contribution in [0.15, 0.2) is 0 Å². The van der Waals surface area contributed by atoms with Crippen molar-refractivity contribution in [1.82, 2.24) is 4.90 Å². The van der Waals surface area contributed by atoms with E-state index in [0.29, 0.717) is 0 Å². The second-order valence-electron chi connectivity index (χ2n) is 3.96. The van der Waals surface area contributed by atoms with Crippen molar-refractivity contribution in [3.05, 3.63) is 0 Å². The molecule has 0 aromatic carbocycles. The van der Waals surface area contributed by atoms with Crippen LogP contribution < -0.4 is 0 Å². The first-order valence-electron chi connectivity index (χ1n) is 6.65. The molecule has 0 saturated carbocycles. The summed E-state index contributed by atoms with van der Waals surface area (Å²) in [6.07, 6.45) is 8.17. The molecule has 1 fully saturated rings. The minimum atomic E-state index is 0.931. The van der Waals surface area contributed by atoms with Gasteiger partial charge in [-0.25, -0.2) is 0 Å². The smallest absolute Gasteiger partial charge is 0.0462 e. The normalized spacial score (nSPS) is 17.0. The summed E-state index contributed by atoms with van der Waals surface area (Å²) >= 11 is 0. The molecule has 0 spiro atoms. The molecule has 0 aromatic heterocycles. The lowest BCUT2D eigenvalue weighted by Gasteiger charge is -2.26. The number of piperidine rings is 1. The molecule has 0 unspecified atom stereocenters. The summed E-state index contributed by atoms with van der Waals surface area (Å²) in [5.74, 6) is 0. The van der Waals surface area contributed by atoms with Crippen molar-refractivity contribution in [3.63, 3.8) is 0 Å². The van der Waals surface area contributed by atoms with Gasteiger partial charge in [-0.15, -0.1) is 0 Å². The average molecular weight is 215 g/mol. The van der Waals surface area contributed by atoms with Crippen LogP contribution in [0.5, 0.6) is 0 Å². The molecule has 0 aromatic rings. The quantitative estimate of drug-likeness (QED) is 0.630. The molecule has 15 heavy (non-hydrogen) atoms. The Morgan fingerprint density at radius 3 is 2.20 bits per heavy atom. The minimum Gasteiger partial charge on any atom is -0.385 e. The zero-order valence-corrected chi connectivity index (χ0v) is 10.9. The summed E-state index contributed by atoms with van der Waals surface area (Å²) in [7, 11) is 1.78. The Hall–Kier alpha value is -0.0800. The predicted molar refractivity (Wildman–Crippen MR) is 67.4 cm³/mol. The van der Waals surface area contributed by atoms with Gasteiger partial charge >= 0.3 is 0 Å².